The zero-order chi connectivity index (χ0) is 19.0. The summed E-state index contributed by atoms with van der Waals surface area (Å²) in [6.45, 7) is 0. The van der Waals surface area contributed by atoms with Gasteiger partial charge in [-0.1, -0.05) is 29.6 Å². The zero-order valence-electron chi connectivity index (χ0n) is 14.3. The average molecular weight is 407 g/mol. The Morgan fingerprint density at radius 3 is 2.26 bits per heavy atom. The number of carbonyl (C=O) groups excluding carboxylic acids is 2. The Kier molecular flexibility index (Phi) is 4.74. The molecule has 0 bridgehead atoms. The minimum Gasteiger partial charge on any atom is -0.457 e. The maximum atomic E-state index is 12.4. The second-order valence-corrected chi connectivity index (χ2v) is 7.45. The number of ether oxygens (including phenoxy) is 2. The summed E-state index contributed by atoms with van der Waals surface area (Å²) < 4.78 is 16.6. The summed E-state index contributed by atoms with van der Waals surface area (Å²) in [6, 6.07) is 8.47. The quantitative estimate of drug-likeness (QED) is 0.379. The number of halogens is 2. The van der Waals surface area contributed by atoms with Crippen molar-refractivity contribution in [3.05, 3.63) is 51.7 Å². The topological polar surface area (TPSA) is 65.7 Å². The summed E-state index contributed by atoms with van der Waals surface area (Å²) >= 11 is 11.9. The lowest BCUT2D eigenvalue weighted by molar-refractivity contribution is -0.244. The summed E-state index contributed by atoms with van der Waals surface area (Å²) in [5.41, 5.74) is 0.547. The van der Waals surface area contributed by atoms with Crippen LogP contribution in [0.5, 0.6) is 0 Å². The van der Waals surface area contributed by atoms with Crippen LogP contribution in [0.25, 0.3) is 17.4 Å². The molecule has 1 aromatic carbocycles. The van der Waals surface area contributed by atoms with Crippen molar-refractivity contribution in [2.45, 2.75) is 37.9 Å². The van der Waals surface area contributed by atoms with Crippen LogP contribution in [0.2, 0.25) is 10.0 Å². The third-order valence-electron chi connectivity index (χ3n) is 4.73. The van der Waals surface area contributed by atoms with Gasteiger partial charge in [0.2, 0.25) is 0 Å². The molecule has 0 radical (unpaired) electrons. The number of rotatable bonds is 2. The van der Waals surface area contributed by atoms with Gasteiger partial charge in [-0.05, 0) is 43.2 Å². The summed E-state index contributed by atoms with van der Waals surface area (Å²) in [6.07, 6.45) is 5.19. The van der Waals surface area contributed by atoms with Gasteiger partial charge in [-0.15, -0.1) is 0 Å². The first-order chi connectivity index (χ1) is 13.0. The van der Waals surface area contributed by atoms with Gasteiger partial charge in [0.25, 0.3) is 5.79 Å². The minimum absolute atomic E-state index is 0.179. The van der Waals surface area contributed by atoms with E-state index >= 15 is 0 Å². The number of furan rings is 1. The van der Waals surface area contributed by atoms with Crippen LogP contribution in [-0.2, 0) is 19.1 Å². The fraction of sp³-hybridized carbons (Fsp3) is 0.300. The molecule has 5 nitrogen and oxygen atoms in total. The van der Waals surface area contributed by atoms with Crippen LogP contribution in [0.4, 0.5) is 0 Å². The van der Waals surface area contributed by atoms with Crippen LogP contribution in [0.1, 0.15) is 37.9 Å². The van der Waals surface area contributed by atoms with Gasteiger partial charge < -0.3 is 13.9 Å². The molecule has 2 heterocycles. The number of esters is 2. The Hall–Kier alpha value is -2.24. The molecule has 7 heteroatoms. The monoisotopic (exact) mass is 406 g/mol. The third kappa shape index (κ3) is 3.62. The van der Waals surface area contributed by atoms with E-state index in [0.29, 0.717) is 34.4 Å². The Labute approximate surface area is 165 Å². The van der Waals surface area contributed by atoms with Gasteiger partial charge in [-0.3, -0.25) is 0 Å². The molecule has 27 heavy (non-hydrogen) atoms. The minimum atomic E-state index is -1.10. The average Bonchev–Trinajstić information content (AvgIpc) is 3.10. The Morgan fingerprint density at radius 2 is 1.59 bits per heavy atom. The second kappa shape index (κ2) is 7.06. The lowest BCUT2D eigenvalue weighted by Gasteiger charge is -2.38. The summed E-state index contributed by atoms with van der Waals surface area (Å²) in [7, 11) is 0. The normalized spacial score (nSPS) is 19.0. The van der Waals surface area contributed by atoms with Gasteiger partial charge in [-0.25, -0.2) is 9.59 Å². The van der Waals surface area contributed by atoms with E-state index in [-0.39, 0.29) is 5.57 Å². The second-order valence-electron chi connectivity index (χ2n) is 6.64. The molecule has 2 fully saturated rings. The molecule has 0 amide bonds. The van der Waals surface area contributed by atoms with Gasteiger partial charge >= 0.3 is 11.9 Å². The summed E-state index contributed by atoms with van der Waals surface area (Å²) in [4.78, 5) is 24.8. The highest BCUT2D eigenvalue weighted by atomic mass is 35.5. The van der Waals surface area contributed by atoms with Crippen molar-refractivity contribution in [2.24, 2.45) is 0 Å². The van der Waals surface area contributed by atoms with E-state index in [1.54, 1.807) is 30.3 Å². The highest BCUT2D eigenvalue weighted by Gasteiger charge is 2.46. The van der Waals surface area contributed by atoms with E-state index in [1.807, 2.05) is 0 Å². The predicted molar refractivity (Wildman–Crippen MR) is 100 cm³/mol. The molecule has 1 aliphatic heterocycles. The number of benzene rings is 1. The maximum absolute atomic E-state index is 12.4. The van der Waals surface area contributed by atoms with Gasteiger partial charge in [0, 0.05) is 24.5 Å². The van der Waals surface area contributed by atoms with Crippen molar-refractivity contribution >= 4 is 41.2 Å². The van der Waals surface area contributed by atoms with Crippen molar-refractivity contribution in [1.82, 2.24) is 0 Å². The van der Waals surface area contributed by atoms with E-state index in [9.17, 15) is 9.59 Å². The van der Waals surface area contributed by atoms with E-state index in [2.05, 4.69) is 0 Å². The van der Waals surface area contributed by atoms with E-state index in [0.717, 1.165) is 24.8 Å². The van der Waals surface area contributed by atoms with Crippen molar-refractivity contribution in [1.29, 1.82) is 0 Å². The maximum Gasteiger partial charge on any atom is 0.349 e. The van der Waals surface area contributed by atoms with Crippen LogP contribution in [-0.4, -0.2) is 17.7 Å². The fourth-order valence-electron chi connectivity index (χ4n) is 3.34. The standard InChI is InChI=1S/C20H16Cl2O5/c21-15-6-4-12(10-16(15)22)17-7-5-13(25-17)11-14-18(23)26-20(27-19(14)24)8-2-1-3-9-20/h4-7,10-11H,1-3,8-9H2. The first-order valence-corrected chi connectivity index (χ1v) is 9.45. The lowest BCUT2D eigenvalue weighted by atomic mass is 9.93. The van der Waals surface area contributed by atoms with Crippen LogP contribution in [0, 0.1) is 0 Å². The molecule has 1 aromatic heterocycles. The first-order valence-electron chi connectivity index (χ1n) is 8.69. The van der Waals surface area contributed by atoms with E-state index in [1.165, 1.54) is 6.08 Å². The van der Waals surface area contributed by atoms with Gasteiger partial charge in [0.1, 0.15) is 17.1 Å². The smallest absolute Gasteiger partial charge is 0.349 e. The first kappa shape index (κ1) is 18.1. The van der Waals surface area contributed by atoms with Crippen LogP contribution in [0.3, 0.4) is 0 Å². The highest BCUT2D eigenvalue weighted by molar-refractivity contribution is 6.42. The molecule has 4 rings (SSSR count). The Bertz CT molecular complexity index is 916. The molecule has 0 N–H and O–H groups in total. The molecule has 1 aliphatic carbocycles. The fourth-order valence-corrected chi connectivity index (χ4v) is 3.64. The molecule has 0 atom stereocenters. The molecule has 2 aromatic rings. The van der Waals surface area contributed by atoms with Crippen LogP contribution < -0.4 is 0 Å². The van der Waals surface area contributed by atoms with Crippen molar-refractivity contribution in [2.75, 3.05) is 0 Å². The number of hydrogen-bond donors (Lipinski definition) is 0. The van der Waals surface area contributed by atoms with E-state index in [4.69, 9.17) is 37.1 Å². The largest absolute Gasteiger partial charge is 0.457 e. The molecule has 1 saturated carbocycles. The Morgan fingerprint density at radius 1 is 0.889 bits per heavy atom. The van der Waals surface area contributed by atoms with Crippen molar-refractivity contribution in [3.8, 4) is 11.3 Å². The van der Waals surface area contributed by atoms with Crippen LogP contribution in [0.15, 0.2) is 40.3 Å². The molecule has 140 valence electrons. The van der Waals surface area contributed by atoms with Crippen molar-refractivity contribution in [3.63, 3.8) is 0 Å². The SMILES string of the molecule is O=C1OC2(CCCCC2)OC(=O)C1=Cc1ccc(-c2ccc(Cl)c(Cl)c2)o1. The van der Waals surface area contributed by atoms with E-state index < -0.39 is 17.7 Å². The van der Waals surface area contributed by atoms with Gasteiger partial charge in [-0.2, -0.15) is 0 Å². The predicted octanol–water partition coefficient (Wildman–Crippen LogP) is 5.40. The van der Waals surface area contributed by atoms with Crippen molar-refractivity contribution < 1.29 is 23.5 Å². The lowest BCUT2D eigenvalue weighted by Crippen LogP contribution is -2.47. The third-order valence-corrected chi connectivity index (χ3v) is 5.47. The Balaban J connectivity index is 1.57. The van der Waals surface area contributed by atoms with Gasteiger partial charge in [0.05, 0.1) is 10.0 Å². The zero-order valence-corrected chi connectivity index (χ0v) is 15.8. The molecule has 1 spiro atoms. The molecular weight excluding hydrogens is 391 g/mol. The molecular formula is C20H16Cl2O5. The summed E-state index contributed by atoms with van der Waals surface area (Å²) in [5.74, 6) is -1.60. The van der Waals surface area contributed by atoms with Gasteiger partial charge in [0.15, 0.2) is 0 Å². The molecule has 0 unspecified atom stereocenters. The molecule has 2 aliphatic rings. The van der Waals surface area contributed by atoms with Crippen LogP contribution >= 0.6 is 23.2 Å². The highest BCUT2D eigenvalue weighted by Crippen LogP contribution is 2.37. The molecule has 1 saturated heterocycles. The summed E-state index contributed by atoms with van der Waals surface area (Å²) in [5, 5.41) is 0.848. The number of hydrogen-bond acceptors (Lipinski definition) is 5. The number of carbonyl (C=O) groups is 2.